The summed E-state index contributed by atoms with van der Waals surface area (Å²) < 4.78 is 0. The summed E-state index contributed by atoms with van der Waals surface area (Å²) in [6.07, 6.45) is 21.0. The monoisotopic (exact) mass is 238 g/mol. The number of allylic oxidation sites excluding steroid dienone is 2. The van der Waals surface area contributed by atoms with Crippen molar-refractivity contribution in [3.05, 3.63) is 12.2 Å². The van der Waals surface area contributed by atoms with Crippen LogP contribution in [0.4, 0.5) is 0 Å². The Hall–Kier alpha value is -0.300. The highest BCUT2D eigenvalue weighted by atomic mass is 16.3. The van der Waals surface area contributed by atoms with E-state index < -0.39 is 0 Å². The van der Waals surface area contributed by atoms with Crippen LogP contribution in [0.2, 0.25) is 0 Å². The first kappa shape index (κ1) is 14.8. The van der Waals surface area contributed by atoms with Gasteiger partial charge in [-0.3, -0.25) is 0 Å². The van der Waals surface area contributed by atoms with E-state index in [1.54, 1.807) is 0 Å². The van der Waals surface area contributed by atoms with E-state index in [0.29, 0.717) is 0 Å². The van der Waals surface area contributed by atoms with Gasteiger partial charge in [0.05, 0.1) is 6.10 Å². The van der Waals surface area contributed by atoms with Crippen molar-refractivity contribution in [1.82, 2.24) is 0 Å². The summed E-state index contributed by atoms with van der Waals surface area (Å²) in [5.74, 6) is 0. The second-order valence-corrected chi connectivity index (χ2v) is 5.46. The molecule has 17 heavy (non-hydrogen) atoms. The van der Waals surface area contributed by atoms with Gasteiger partial charge in [0.2, 0.25) is 0 Å². The Morgan fingerprint density at radius 3 is 1.82 bits per heavy atom. The summed E-state index contributed by atoms with van der Waals surface area (Å²) in [5, 5.41) is 9.79. The van der Waals surface area contributed by atoms with Gasteiger partial charge in [-0.05, 0) is 32.1 Å². The highest BCUT2D eigenvalue weighted by molar-refractivity contribution is 4.82. The van der Waals surface area contributed by atoms with Crippen LogP contribution in [-0.4, -0.2) is 11.2 Å². The van der Waals surface area contributed by atoms with Gasteiger partial charge in [-0.2, -0.15) is 0 Å². The van der Waals surface area contributed by atoms with Crippen LogP contribution in [0.1, 0.15) is 83.5 Å². The normalized spacial score (nSPS) is 28.6. The molecule has 1 N–H and O–H groups in total. The Morgan fingerprint density at radius 1 is 0.588 bits per heavy atom. The second kappa shape index (κ2) is 10.8. The predicted molar refractivity (Wildman–Crippen MR) is 75.2 cm³/mol. The fourth-order valence-electron chi connectivity index (χ4n) is 2.55. The predicted octanol–water partition coefficient (Wildman–Crippen LogP) is 4.99. The zero-order valence-electron chi connectivity index (χ0n) is 11.4. The van der Waals surface area contributed by atoms with Crippen molar-refractivity contribution < 1.29 is 5.11 Å². The van der Waals surface area contributed by atoms with Gasteiger partial charge in [0.1, 0.15) is 0 Å². The van der Waals surface area contributed by atoms with Crippen molar-refractivity contribution in [3.63, 3.8) is 0 Å². The van der Waals surface area contributed by atoms with Crippen LogP contribution in [0, 0.1) is 0 Å². The molecule has 0 heterocycles. The van der Waals surface area contributed by atoms with Gasteiger partial charge in [-0.25, -0.2) is 0 Å². The number of hydrogen-bond acceptors (Lipinski definition) is 1. The highest BCUT2D eigenvalue weighted by Gasteiger charge is 2.02. The van der Waals surface area contributed by atoms with E-state index in [0.717, 1.165) is 19.3 Å². The third-order valence-corrected chi connectivity index (χ3v) is 3.74. The molecular formula is C16H30O. The Bertz CT molecular complexity index is 186. The third-order valence-electron chi connectivity index (χ3n) is 3.74. The molecule has 0 fully saturated rings. The summed E-state index contributed by atoms with van der Waals surface area (Å²) in [5.41, 5.74) is 0. The molecule has 100 valence electrons. The molecule has 0 radical (unpaired) electrons. The largest absolute Gasteiger partial charge is 0.393 e. The summed E-state index contributed by atoms with van der Waals surface area (Å²) in [6, 6.07) is 0. The van der Waals surface area contributed by atoms with E-state index in [4.69, 9.17) is 0 Å². The lowest BCUT2D eigenvalue weighted by Gasteiger charge is -2.09. The van der Waals surface area contributed by atoms with Crippen LogP contribution in [0.3, 0.4) is 0 Å². The maximum Gasteiger partial charge on any atom is 0.0543 e. The average Bonchev–Trinajstić information content (AvgIpc) is 2.32. The number of aliphatic hydroxyl groups excluding tert-OH is 1. The lowest BCUT2D eigenvalue weighted by Crippen LogP contribution is -2.05. The van der Waals surface area contributed by atoms with E-state index >= 15 is 0 Å². The lowest BCUT2D eigenvalue weighted by molar-refractivity contribution is 0.152. The van der Waals surface area contributed by atoms with Crippen LogP contribution in [0.5, 0.6) is 0 Å². The second-order valence-electron chi connectivity index (χ2n) is 5.46. The van der Waals surface area contributed by atoms with Crippen molar-refractivity contribution in [2.45, 2.75) is 89.6 Å². The molecule has 0 amide bonds. The first-order valence-corrected chi connectivity index (χ1v) is 7.72. The van der Waals surface area contributed by atoms with Gasteiger partial charge < -0.3 is 5.11 Å². The average molecular weight is 238 g/mol. The van der Waals surface area contributed by atoms with Gasteiger partial charge in [-0.15, -0.1) is 0 Å². The molecule has 1 heteroatoms. The molecule has 1 atom stereocenters. The SMILES string of the molecule is OC1CC/C=C/CCCCCCCCCCC1. The fourth-order valence-corrected chi connectivity index (χ4v) is 2.55. The minimum Gasteiger partial charge on any atom is -0.393 e. The Balaban J connectivity index is 2.17. The smallest absolute Gasteiger partial charge is 0.0543 e. The lowest BCUT2D eigenvalue weighted by atomic mass is 10.0. The number of hydrogen-bond donors (Lipinski definition) is 1. The summed E-state index contributed by atoms with van der Waals surface area (Å²) in [7, 11) is 0. The van der Waals surface area contributed by atoms with E-state index in [2.05, 4.69) is 12.2 Å². The van der Waals surface area contributed by atoms with Crippen molar-refractivity contribution >= 4 is 0 Å². The maximum atomic E-state index is 9.79. The van der Waals surface area contributed by atoms with Crippen molar-refractivity contribution in [3.8, 4) is 0 Å². The fraction of sp³-hybridized carbons (Fsp3) is 0.875. The molecule has 0 spiro atoms. The molecule has 0 bridgehead atoms. The van der Waals surface area contributed by atoms with Crippen LogP contribution in [0.15, 0.2) is 12.2 Å². The standard InChI is InChI=1S/C16H30O/c17-16-14-12-10-8-6-4-2-1-3-5-7-9-11-13-15-16/h8,10,16-17H,1-7,9,11-15H2/b10-8+. The van der Waals surface area contributed by atoms with Crippen molar-refractivity contribution in [2.75, 3.05) is 0 Å². The van der Waals surface area contributed by atoms with Gasteiger partial charge >= 0.3 is 0 Å². The van der Waals surface area contributed by atoms with Crippen LogP contribution >= 0.6 is 0 Å². The van der Waals surface area contributed by atoms with E-state index in [1.807, 2.05) is 0 Å². The molecular weight excluding hydrogens is 208 g/mol. The molecule has 0 aromatic carbocycles. The van der Waals surface area contributed by atoms with E-state index in [9.17, 15) is 5.11 Å². The third kappa shape index (κ3) is 9.41. The van der Waals surface area contributed by atoms with Crippen LogP contribution in [-0.2, 0) is 0 Å². The molecule has 1 aliphatic rings. The Labute approximate surface area is 107 Å². The molecule has 0 aromatic rings. The number of aliphatic hydroxyl groups is 1. The van der Waals surface area contributed by atoms with Gasteiger partial charge in [0, 0.05) is 0 Å². The number of rotatable bonds is 0. The topological polar surface area (TPSA) is 20.2 Å². The Kier molecular flexibility index (Phi) is 9.40. The van der Waals surface area contributed by atoms with Gasteiger partial charge in [0.25, 0.3) is 0 Å². The molecule has 1 aliphatic carbocycles. The highest BCUT2D eigenvalue weighted by Crippen LogP contribution is 2.14. The quantitative estimate of drug-likeness (QED) is 0.590. The zero-order chi connectivity index (χ0) is 12.2. The van der Waals surface area contributed by atoms with Crippen molar-refractivity contribution in [2.24, 2.45) is 0 Å². The first-order valence-electron chi connectivity index (χ1n) is 7.72. The van der Waals surface area contributed by atoms with E-state index in [1.165, 1.54) is 64.2 Å². The van der Waals surface area contributed by atoms with Gasteiger partial charge in [-0.1, -0.05) is 63.5 Å². The van der Waals surface area contributed by atoms with Gasteiger partial charge in [0.15, 0.2) is 0 Å². The molecule has 1 rings (SSSR count). The molecule has 0 aliphatic heterocycles. The maximum absolute atomic E-state index is 9.79. The molecule has 0 aromatic heterocycles. The van der Waals surface area contributed by atoms with Crippen LogP contribution in [0.25, 0.3) is 0 Å². The molecule has 0 saturated carbocycles. The summed E-state index contributed by atoms with van der Waals surface area (Å²) in [4.78, 5) is 0. The molecule has 1 nitrogen and oxygen atoms in total. The minimum atomic E-state index is -0.0624. The van der Waals surface area contributed by atoms with Crippen LogP contribution < -0.4 is 0 Å². The van der Waals surface area contributed by atoms with Crippen molar-refractivity contribution in [1.29, 1.82) is 0 Å². The minimum absolute atomic E-state index is 0.0624. The Morgan fingerprint density at radius 2 is 1.12 bits per heavy atom. The van der Waals surface area contributed by atoms with E-state index in [-0.39, 0.29) is 6.10 Å². The molecule has 0 saturated heterocycles. The summed E-state index contributed by atoms with van der Waals surface area (Å²) >= 11 is 0. The molecule has 1 unspecified atom stereocenters. The zero-order valence-corrected chi connectivity index (χ0v) is 11.4. The first-order chi connectivity index (χ1) is 8.39. The summed E-state index contributed by atoms with van der Waals surface area (Å²) in [6.45, 7) is 0.